The number of carbonyl (C=O) groups is 5. The van der Waals surface area contributed by atoms with Gasteiger partial charge in [0.1, 0.15) is 23.9 Å². The molecule has 13 heteroatoms. The minimum absolute atomic E-state index is 0.0136. The maximum atomic E-state index is 13.2. The average molecular weight is 597 g/mol. The van der Waals surface area contributed by atoms with Gasteiger partial charge in [0.15, 0.2) is 0 Å². The van der Waals surface area contributed by atoms with Crippen molar-refractivity contribution in [2.75, 3.05) is 26.0 Å². The van der Waals surface area contributed by atoms with Crippen molar-refractivity contribution in [2.24, 2.45) is 11.8 Å². The van der Waals surface area contributed by atoms with Crippen LogP contribution >= 0.6 is 12.6 Å². The third kappa shape index (κ3) is 14.6. The molecular weight excluding hydrogens is 552 g/mol. The van der Waals surface area contributed by atoms with Gasteiger partial charge in [0.2, 0.25) is 17.7 Å². The number of hydrogen-bond donors (Lipinski definition) is 6. The molecule has 5 N–H and O–H groups in total. The van der Waals surface area contributed by atoms with Crippen molar-refractivity contribution in [2.45, 2.75) is 71.5 Å². The summed E-state index contributed by atoms with van der Waals surface area (Å²) in [5.74, 6) is -2.11. The Bertz CT molecular complexity index is 1000. The van der Waals surface area contributed by atoms with Crippen LogP contribution in [-0.4, -0.2) is 79.0 Å². The summed E-state index contributed by atoms with van der Waals surface area (Å²) in [7, 11) is 1.58. The Balaban J connectivity index is 2.84. The summed E-state index contributed by atoms with van der Waals surface area (Å²) in [6.07, 6.45) is -0.652. The van der Waals surface area contributed by atoms with Gasteiger partial charge in [-0.1, -0.05) is 39.8 Å². The molecule has 41 heavy (non-hydrogen) atoms. The first-order chi connectivity index (χ1) is 19.4. The molecular formula is C28H44N4O8S. The van der Waals surface area contributed by atoms with E-state index >= 15 is 0 Å². The molecule has 0 aliphatic rings. The van der Waals surface area contributed by atoms with E-state index in [4.69, 9.17) is 14.6 Å². The van der Waals surface area contributed by atoms with Gasteiger partial charge >= 0.3 is 12.1 Å². The van der Waals surface area contributed by atoms with Crippen LogP contribution in [0.5, 0.6) is 5.75 Å². The second kappa shape index (κ2) is 18.8. The van der Waals surface area contributed by atoms with E-state index in [-0.39, 0.29) is 43.5 Å². The molecule has 0 unspecified atom stereocenters. The summed E-state index contributed by atoms with van der Waals surface area (Å²) in [5, 5.41) is 19.5. The smallest absolute Gasteiger partial charge is 0.407 e. The van der Waals surface area contributed by atoms with Crippen LogP contribution in [0.3, 0.4) is 0 Å². The molecule has 0 aliphatic carbocycles. The minimum atomic E-state index is -1.24. The molecule has 230 valence electrons. The highest BCUT2D eigenvalue weighted by Crippen LogP contribution is 2.11. The third-order valence-corrected chi connectivity index (χ3v) is 6.20. The Kier molecular flexibility index (Phi) is 16.3. The first-order valence-corrected chi connectivity index (χ1v) is 14.3. The van der Waals surface area contributed by atoms with Crippen LogP contribution in [0.25, 0.3) is 0 Å². The number of ether oxygens (including phenoxy) is 2. The number of carboxylic acids is 1. The second-order valence-corrected chi connectivity index (χ2v) is 10.8. The highest BCUT2D eigenvalue weighted by atomic mass is 32.1. The largest absolute Gasteiger partial charge is 0.497 e. The fourth-order valence-corrected chi connectivity index (χ4v) is 3.91. The SMILES string of the molecule is COc1ccc(CCNC(=O)[C@H](CS)NC(=O)[C@H](CC(C)C)NC(=O)[C@H](CCC(=O)O)NC(=O)OCC(C)C)cc1. The zero-order chi connectivity index (χ0) is 30.9. The number of amides is 4. The number of carbonyl (C=O) groups excluding carboxylic acids is 4. The zero-order valence-electron chi connectivity index (χ0n) is 24.4. The van der Waals surface area contributed by atoms with Crippen molar-refractivity contribution < 1.29 is 38.6 Å². The minimum Gasteiger partial charge on any atom is -0.497 e. The molecule has 1 rings (SSSR count). The molecule has 0 spiro atoms. The Hall–Kier alpha value is -3.48. The van der Waals surface area contributed by atoms with Gasteiger partial charge in [-0.15, -0.1) is 0 Å². The molecule has 3 atom stereocenters. The predicted molar refractivity (Wildman–Crippen MR) is 157 cm³/mol. The fourth-order valence-electron chi connectivity index (χ4n) is 3.65. The lowest BCUT2D eigenvalue weighted by Gasteiger charge is -2.25. The lowest BCUT2D eigenvalue weighted by Crippen LogP contribution is -2.57. The summed E-state index contributed by atoms with van der Waals surface area (Å²) in [5.41, 5.74) is 0.997. The van der Waals surface area contributed by atoms with Crippen molar-refractivity contribution >= 4 is 42.4 Å². The van der Waals surface area contributed by atoms with Crippen LogP contribution in [-0.2, 0) is 30.3 Å². The molecule has 1 aromatic carbocycles. The molecule has 0 heterocycles. The van der Waals surface area contributed by atoms with Crippen LogP contribution in [0.4, 0.5) is 4.79 Å². The topological polar surface area (TPSA) is 172 Å². The number of benzene rings is 1. The first-order valence-electron chi connectivity index (χ1n) is 13.6. The number of rotatable bonds is 18. The Morgan fingerprint density at radius 2 is 1.46 bits per heavy atom. The van der Waals surface area contributed by atoms with Crippen LogP contribution in [0, 0.1) is 11.8 Å². The summed E-state index contributed by atoms with van der Waals surface area (Å²) in [6.45, 7) is 7.86. The summed E-state index contributed by atoms with van der Waals surface area (Å²) in [4.78, 5) is 62.3. The van der Waals surface area contributed by atoms with Crippen LogP contribution in [0.15, 0.2) is 24.3 Å². The normalized spacial score (nSPS) is 13.1. The molecule has 0 aromatic heterocycles. The summed E-state index contributed by atoms with van der Waals surface area (Å²) < 4.78 is 10.2. The van der Waals surface area contributed by atoms with Gasteiger partial charge in [-0.3, -0.25) is 19.2 Å². The number of alkyl carbamates (subject to hydrolysis) is 1. The van der Waals surface area contributed by atoms with E-state index in [1.165, 1.54) is 0 Å². The van der Waals surface area contributed by atoms with E-state index < -0.39 is 47.9 Å². The zero-order valence-corrected chi connectivity index (χ0v) is 25.3. The van der Waals surface area contributed by atoms with Gasteiger partial charge in [-0.05, 0) is 48.8 Å². The third-order valence-electron chi connectivity index (χ3n) is 5.83. The van der Waals surface area contributed by atoms with E-state index in [0.29, 0.717) is 13.0 Å². The van der Waals surface area contributed by atoms with E-state index in [2.05, 4.69) is 33.9 Å². The van der Waals surface area contributed by atoms with Gasteiger partial charge < -0.3 is 35.8 Å². The number of carboxylic acid groups (broad SMARTS) is 1. The highest BCUT2D eigenvalue weighted by molar-refractivity contribution is 7.80. The number of nitrogens with one attached hydrogen (secondary N) is 4. The molecule has 0 saturated heterocycles. The molecule has 0 saturated carbocycles. The van der Waals surface area contributed by atoms with Crippen LogP contribution < -0.4 is 26.0 Å². The Morgan fingerprint density at radius 3 is 2.00 bits per heavy atom. The maximum Gasteiger partial charge on any atom is 0.407 e. The molecule has 1 aromatic rings. The molecule has 0 fully saturated rings. The van der Waals surface area contributed by atoms with E-state index in [1.807, 2.05) is 52.0 Å². The molecule has 0 bridgehead atoms. The van der Waals surface area contributed by atoms with Crippen molar-refractivity contribution in [1.82, 2.24) is 21.3 Å². The van der Waals surface area contributed by atoms with Gasteiger partial charge in [0, 0.05) is 18.7 Å². The Morgan fingerprint density at radius 1 is 0.854 bits per heavy atom. The van der Waals surface area contributed by atoms with Crippen LogP contribution in [0.2, 0.25) is 0 Å². The fraction of sp³-hybridized carbons (Fsp3) is 0.607. The van der Waals surface area contributed by atoms with Gasteiger partial charge in [0.05, 0.1) is 13.7 Å². The standard InChI is InChI=1S/C28H44N4O8S/c1-17(2)14-22(30-26(36)21(10-11-24(33)34)32-28(38)40-15-18(3)4)27(37)31-23(16-41)25(35)29-13-12-19-6-8-20(39-5)9-7-19/h6-9,17-18,21-23,41H,10-16H2,1-5H3,(H,29,35)(H,30,36)(H,31,37)(H,32,38)(H,33,34)/t21-,22-,23-/m0/s1. The molecule has 12 nitrogen and oxygen atoms in total. The van der Waals surface area contributed by atoms with E-state index in [1.54, 1.807) is 7.11 Å². The van der Waals surface area contributed by atoms with Gasteiger partial charge in [-0.2, -0.15) is 12.6 Å². The summed E-state index contributed by atoms with van der Waals surface area (Å²) in [6, 6.07) is 4.20. The highest BCUT2D eigenvalue weighted by Gasteiger charge is 2.30. The predicted octanol–water partition coefficient (Wildman–Crippen LogP) is 1.92. The number of thiol groups is 1. The van der Waals surface area contributed by atoms with Crippen molar-refractivity contribution in [3.8, 4) is 5.75 Å². The number of methoxy groups -OCH3 is 1. The lowest BCUT2D eigenvalue weighted by molar-refractivity contribution is -0.137. The van der Waals surface area contributed by atoms with Crippen LogP contribution in [0.1, 0.15) is 52.5 Å². The molecule has 0 aliphatic heterocycles. The monoisotopic (exact) mass is 596 g/mol. The lowest BCUT2D eigenvalue weighted by atomic mass is 10.0. The summed E-state index contributed by atoms with van der Waals surface area (Å²) >= 11 is 4.21. The first kappa shape index (κ1) is 35.5. The van der Waals surface area contributed by atoms with E-state index in [0.717, 1.165) is 11.3 Å². The number of aliphatic carboxylic acids is 1. The van der Waals surface area contributed by atoms with Gasteiger partial charge in [-0.25, -0.2) is 4.79 Å². The average Bonchev–Trinajstić information content (AvgIpc) is 2.92. The van der Waals surface area contributed by atoms with Crippen molar-refractivity contribution in [1.29, 1.82) is 0 Å². The van der Waals surface area contributed by atoms with Crippen molar-refractivity contribution in [3.63, 3.8) is 0 Å². The quantitative estimate of drug-likeness (QED) is 0.140. The maximum absolute atomic E-state index is 13.2. The Labute approximate surface area is 247 Å². The van der Waals surface area contributed by atoms with Crippen molar-refractivity contribution in [3.05, 3.63) is 29.8 Å². The second-order valence-electron chi connectivity index (χ2n) is 10.4. The number of hydrogen-bond acceptors (Lipinski definition) is 8. The molecule has 4 amide bonds. The molecule has 0 radical (unpaired) electrons. The van der Waals surface area contributed by atoms with Gasteiger partial charge in [0.25, 0.3) is 0 Å². The van der Waals surface area contributed by atoms with E-state index in [9.17, 15) is 24.0 Å².